The fourth-order valence-corrected chi connectivity index (χ4v) is 10.0. The van der Waals surface area contributed by atoms with Crippen LogP contribution in [0.25, 0.3) is 11.0 Å². The molecule has 4 amide bonds. The molecule has 1 saturated heterocycles. The van der Waals surface area contributed by atoms with E-state index in [4.69, 9.17) is 28.5 Å². The van der Waals surface area contributed by atoms with E-state index in [1.54, 1.807) is 71.0 Å². The number of β-lactam (4-membered cyclic amide) rings is 1. The lowest BCUT2D eigenvalue weighted by Crippen LogP contribution is -2.71. The molecule has 0 spiro atoms. The van der Waals surface area contributed by atoms with Crippen LogP contribution in [0.5, 0.6) is 5.75 Å². The summed E-state index contributed by atoms with van der Waals surface area (Å²) in [5.74, 6) is -2.04. The highest BCUT2D eigenvalue weighted by atomic mass is 32.2. The summed E-state index contributed by atoms with van der Waals surface area (Å²) < 4.78 is 31.7. The first kappa shape index (κ1) is 56.3. The van der Waals surface area contributed by atoms with E-state index in [0.29, 0.717) is 41.3 Å². The predicted octanol–water partition coefficient (Wildman–Crippen LogP) is 7.65. The Balaban J connectivity index is 1.14. The molecule has 0 bridgehead atoms. The molecule has 404 valence electrons. The van der Waals surface area contributed by atoms with Gasteiger partial charge in [0.25, 0.3) is 11.8 Å². The van der Waals surface area contributed by atoms with Gasteiger partial charge in [-0.15, -0.1) is 23.1 Å². The van der Waals surface area contributed by atoms with Gasteiger partial charge in [-0.05, 0) is 98.1 Å². The standard InChI is InChI=1S/C54H64N8O12S2/c1-33-40(56-49(76-33)57-50(67)71-31-34-17-13-12-14-18-34)41(58-74-54(8,9)48(66)72-52(2,3)4)44(63)55-42-45(64)62-43(47(65)70-30-35-20-22-37(69-11)23-21-35)36(32-75-46(42)62)29-61-26-15-19-38-39(61)24-28-60(38)27-16-25-59(10)51(68)73-53(5,6)7/h12-15,17-24,26,28,42,46H,16,25,27,29-32H2,1-11H3,(H-,55,56,57,63,67)/p+1. The molecule has 0 saturated carbocycles. The van der Waals surface area contributed by atoms with Gasteiger partial charge in [0.1, 0.15) is 58.5 Å². The van der Waals surface area contributed by atoms with Crippen molar-refractivity contribution in [3.05, 3.63) is 118 Å². The van der Waals surface area contributed by atoms with E-state index in [1.165, 1.54) is 30.5 Å². The van der Waals surface area contributed by atoms with E-state index in [9.17, 15) is 28.8 Å². The zero-order valence-corrected chi connectivity index (χ0v) is 46.2. The number of rotatable bonds is 19. The lowest BCUT2D eigenvalue weighted by molar-refractivity contribution is -0.663. The minimum absolute atomic E-state index is 0.000576. The molecular weight excluding hydrogens is 1020 g/mol. The number of aryl methyl sites for hydroxylation is 2. The molecule has 0 aliphatic carbocycles. The van der Waals surface area contributed by atoms with Crippen molar-refractivity contribution in [1.82, 2.24) is 24.7 Å². The second kappa shape index (κ2) is 23.6. The minimum atomic E-state index is -1.69. The lowest BCUT2D eigenvalue weighted by atomic mass is 10.0. The van der Waals surface area contributed by atoms with Gasteiger partial charge in [0.2, 0.25) is 11.1 Å². The van der Waals surface area contributed by atoms with Gasteiger partial charge in [0.05, 0.1) is 7.11 Å². The third-order valence-corrected chi connectivity index (χ3v) is 14.0. The van der Waals surface area contributed by atoms with Gasteiger partial charge >= 0.3 is 24.1 Å². The van der Waals surface area contributed by atoms with Crippen LogP contribution >= 0.6 is 23.1 Å². The summed E-state index contributed by atoms with van der Waals surface area (Å²) >= 11 is 2.40. The van der Waals surface area contributed by atoms with Crippen LogP contribution in [-0.4, -0.2) is 116 Å². The maximum atomic E-state index is 14.6. The van der Waals surface area contributed by atoms with Crippen molar-refractivity contribution in [2.24, 2.45) is 5.16 Å². The molecule has 2 N–H and O–H groups in total. The molecule has 5 heterocycles. The van der Waals surface area contributed by atoms with E-state index in [-0.39, 0.29) is 42.0 Å². The number of amides is 4. The SMILES string of the molecule is COc1ccc(COC(=O)C2=C(C[n+]3cccc4c3ccn4CCCN(C)C(=O)OC(C)(C)C)CSC3C(NC(=O)C(=NOC(C)(C)C(=O)OC(C)(C)C)c4nc(NC(=O)OCc5ccccc5)sc4C)C(=O)N23)cc1. The Morgan fingerprint density at radius 1 is 0.882 bits per heavy atom. The summed E-state index contributed by atoms with van der Waals surface area (Å²) in [5, 5.41) is 8.89. The fraction of sp³-hybridized carbons (Fsp3) is 0.426. The fourth-order valence-electron chi connectivity index (χ4n) is 7.91. The second-order valence-corrected chi connectivity index (χ2v) is 22.9. The minimum Gasteiger partial charge on any atom is -0.497 e. The third kappa shape index (κ3) is 14.1. The number of nitrogens with one attached hydrogen (secondary N) is 2. The van der Waals surface area contributed by atoms with Gasteiger partial charge < -0.3 is 43.3 Å². The maximum Gasteiger partial charge on any atom is 0.413 e. The van der Waals surface area contributed by atoms with Crippen molar-refractivity contribution in [1.29, 1.82) is 0 Å². The van der Waals surface area contributed by atoms with Crippen molar-refractivity contribution in [3.63, 3.8) is 0 Å². The summed E-state index contributed by atoms with van der Waals surface area (Å²) in [6.45, 7) is 16.3. The van der Waals surface area contributed by atoms with Crippen LogP contribution in [0.4, 0.5) is 14.7 Å². The monoisotopic (exact) mass is 1080 g/mol. The molecule has 2 aromatic carbocycles. The quantitative estimate of drug-likeness (QED) is 0.0203. The predicted molar refractivity (Wildman–Crippen MR) is 285 cm³/mol. The number of esters is 2. The number of pyridine rings is 1. The topological polar surface area (TPSA) is 222 Å². The second-order valence-electron chi connectivity index (χ2n) is 20.6. The Bertz CT molecular complexity index is 3030. The number of aromatic nitrogens is 3. The molecular formula is C54H65N8O12S2+. The highest BCUT2D eigenvalue weighted by Gasteiger charge is 2.55. The van der Waals surface area contributed by atoms with Crippen LogP contribution in [0.2, 0.25) is 0 Å². The van der Waals surface area contributed by atoms with Crippen LogP contribution in [-0.2, 0) is 69.3 Å². The Morgan fingerprint density at radius 3 is 2.25 bits per heavy atom. The zero-order valence-electron chi connectivity index (χ0n) is 44.6. The number of oxime groups is 1. The highest BCUT2D eigenvalue weighted by molar-refractivity contribution is 8.00. The van der Waals surface area contributed by atoms with Gasteiger partial charge in [0, 0.05) is 54.7 Å². The molecule has 2 unspecified atom stereocenters. The summed E-state index contributed by atoms with van der Waals surface area (Å²) in [6.07, 6.45) is 3.34. The van der Waals surface area contributed by atoms with Gasteiger partial charge in [-0.3, -0.25) is 19.8 Å². The number of methoxy groups -OCH3 is 1. The molecule has 0 radical (unpaired) electrons. The first-order valence-electron chi connectivity index (χ1n) is 24.6. The number of thiazole rings is 1. The van der Waals surface area contributed by atoms with E-state index in [0.717, 1.165) is 27.9 Å². The summed E-state index contributed by atoms with van der Waals surface area (Å²) in [7, 11) is 3.26. The lowest BCUT2D eigenvalue weighted by Gasteiger charge is -2.49. The Hall–Kier alpha value is -7.46. The molecule has 5 aromatic rings. The first-order chi connectivity index (χ1) is 35.9. The highest BCUT2D eigenvalue weighted by Crippen LogP contribution is 2.41. The molecule has 1 fully saturated rings. The summed E-state index contributed by atoms with van der Waals surface area (Å²) in [6, 6.07) is 20.9. The zero-order chi connectivity index (χ0) is 55.1. The Kier molecular flexibility index (Phi) is 17.5. The van der Waals surface area contributed by atoms with Crippen LogP contribution in [0.3, 0.4) is 0 Å². The number of fused-ring (bicyclic) bond motifs is 2. The van der Waals surface area contributed by atoms with E-state index in [1.807, 2.05) is 86.3 Å². The molecule has 2 aliphatic rings. The van der Waals surface area contributed by atoms with Gasteiger partial charge in [-0.1, -0.05) is 47.6 Å². The Morgan fingerprint density at radius 2 is 1.57 bits per heavy atom. The van der Waals surface area contributed by atoms with Crippen molar-refractivity contribution < 1.29 is 61.9 Å². The van der Waals surface area contributed by atoms with Crippen molar-refractivity contribution in [3.8, 4) is 5.75 Å². The third-order valence-electron chi connectivity index (χ3n) is 11.7. The van der Waals surface area contributed by atoms with E-state index < -0.39 is 69.9 Å². The molecule has 2 aliphatic heterocycles. The number of hydrogen-bond acceptors (Lipinski definition) is 16. The average Bonchev–Trinajstić information content (AvgIpc) is 3.96. The van der Waals surface area contributed by atoms with Gasteiger partial charge in [-0.25, -0.2) is 24.2 Å². The largest absolute Gasteiger partial charge is 0.497 e. The Labute approximate surface area is 449 Å². The van der Waals surface area contributed by atoms with Gasteiger partial charge in [-0.2, -0.15) is 4.57 Å². The first-order valence-corrected chi connectivity index (χ1v) is 26.4. The van der Waals surface area contributed by atoms with Crippen LogP contribution < -0.4 is 19.9 Å². The molecule has 22 heteroatoms. The maximum absolute atomic E-state index is 14.6. The number of nitrogens with zero attached hydrogens (tertiary/aromatic N) is 6. The molecule has 3 aromatic heterocycles. The number of ether oxygens (including phenoxy) is 5. The number of benzene rings is 2. The number of carbonyl (C=O) groups excluding carboxylic acids is 6. The number of anilines is 1. The van der Waals surface area contributed by atoms with Crippen LogP contribution in [0.1, 0.15) is 83.5 Å². The summed E-state index contributed by atoms with van der Waals surface area (Å²) in [5.41, 5.74) is 0.370. The van der Waals surface area contributed by atoms with Gasteiger partial charge in [0.15, 0.2) is 23.6 Å². The van der Waals surface area contributed by atoms with Crippen molar-refractivity contribution in [2.45, 2.75) is 123 Å². The molecule has 76 heavy (non-hydrogen) atoms. The molecule has 7 rings (SSSR count). The van der Waals surface area contributed by atoms with Crippen LogP contribution in [0.15, 0.2) is 102 Å². The molecule has 20 nitrogen and oxygen atoms in total. The van der Waals surface area contributed by atoms with Crippen LogP contribution in [0, 0.1) is 6.92 Å². The average molecular weight is 1080 g/mol. The van der Waals surface area contributed by atoms with Crippen molar-refractivity contribution >= 4 is 80.9 Å². The number of hydrogen-bond donors (Lipinski definition) is 2. The number of thioether (sulfide) groups is 1. The molecule has 2 atom stereocenters. The number of carbonyl (C=O) groups is 6. The van der Waals surface area contributed by atoms with Crippen molar-refractivity contribution in [2.75, 3.05) is 31.8 Å². The van der Waals surface area contributed by atoms with E-state index in [2.05, 4.69) is 25.3 Å². The summed E-state index contributed by atoms with van der Waals surface area (Å²) in [4.78, 5) is 95.8. The normalized spacial score (nSPS) is 15.8. The smallest absolute Gasteiger partial charge is 0.413 e. The van der Waals surface area contributed by atoms with E-state index >= 15 is 0 Å².